The van der Waals surface area contributed by atoms with Crippen molar-refractivity contribution in [1.29, 1.82) is 0 Å². The largest absolute Gasteiger partial charge is 0.372 e. The van der Waals surface area contributed by atoms with Gasteiger partial charge in [0.25, 0.3) is 0 Å². The van der Waals surface area contributed by atoms with E-state index in [0.29, 0.717) is 31.2 Å². The highest BCUT2D eigenvalue weighted by Gasteiger charge is 2.36. The average molecular weight is 268 g/mol. The van der Waals surface area contributed by atoms with Crippen molar-refractivity contribution in [2.45, 2.75) is 32.8 Å². The smallest absolute Gasteiger partial charge is 0.333 e. The molecule has 7 heteroatoms. The van der Waals surface area contributed by atoms with E-state index in [9.17, 15) is 10.1 Å². The van der Waals surface area contributed by atoms with Crippen molar-refractivity contribution in [3.8, 4) is 0 Å². The lowest BCUT2D eigenvalue weighted by atomic mass is 10.0. The zero-order valence-electron chi connectivity index (χ0n) is 11.8. The third-order valence-electron chi connectivity index (χ3n) is 3.73. The Labute approximate surface area is 112 Å². The topological polar surface area (TPSA) is 73.4 Å². The molecular weight excluding hydrogens is 248 g/mol. The van der Waals surface area contributed by atoms with Crippen LogP contribution in [-0.2, 0) is 11.8 Å². The third kappa shape index (κ3) is 2.42. The van der Waals surface area contributed by atoms with E-state index in [1.165, 1.54) is 0 Å². The Morgan fingerprint density at radius 1 is 1.58 bits per heavy atom. The van der Waals surface area contributed by atoms with Crippen LogP contribution >= 0.6 is 0 Å². The minimum absolute atomic E-state index is 0.0999. The van der Waals surface area contributed by atoms with Crippen LogP contribution in [0.25, 0.3) is 0 Å². The molecule has 1 unspecified atom stereocenters. The summed E-state index contributed by atoms with van der Waals surface area (Å²) in [6.45, 7) is 7.63. The molecule has 1 fully saturated rings. The number of hydrogen-bond acceptors (Lipinski definition) is 5. The first-order chi connectivity index (χ1) is 8.88. The summed E-state index contributed by atoms with van der Waals surface area (Å²) < 4.78 is 7.36. The highest BCUT2D eigenvalue weighted by Crippen LogP contribution is 2.34. The lowest BCUT2D eigenvalue weighted by Crippen LogP contribution is -2.50. The Balaban J connectivity index is 2.39. The fourth-order valence-corrected chi connectivity index (χ4v) is 2.53. The number of rotatable bonds is 3. The minimum atomic E-state index is -0.351. The molecule has 0 radical (unpaired) electrons. The van der Waals surface area contributed by atoms with E-state index < -0.39 is 0 Å². The molecule has 1 aromatic rings. The second-order valence-corrected chi connectivity index (χ2v) is 5.21. The van der Waals surface area contributed by atoms with Crippen LogP contribution in [0.5, 0.6) is 0 Å². The van der Waals surface area contributed by atoms with E-state index in [1.54, 1.807) is 18.7 Å². The number of aromatic nitrogens is 2. The van der Waals surface area contributed by atoms with Gasteiger partial charge in [-0.2, -0.15) is 5.10 Å². The summed E-state index contributed by atoms with van der Waals surface area (Å²) in [4.78, 5) is 12.9. The van der Waals surface area contributed by atoms with Gasteiger partial charge in [-0.1, -0.05) is 6.92 Å². The number of morpholine rings is 1. The maximum absolute atomic E-state index is 11.2. The molecule has 19 heavy (non-hydrogen) atoms. The van der Waals surface area contributed by atoms with Crippen LogP contribution in [0.4, 0.5) is 11.5 Å². The van der Waals surface area contributed by atoms with Crippen molar-refractivity contribution < 1.29 is 9.66 Å². The molecule has 0 aliphatic carbocycles. The predicted molar refractivity (Wildman–Crippen MR) is 71.5 cm³/mol. The van der Waals surface area contributed by atoms with Gasteiger partial charge in [0, 0.05) is 20.1 Å². The van der Waals surface area contributed by atoms with Crippen LogP contribution in [0.3, 0.4) is 0 Å². The average Bonchev–Trinajstić information content (AvgIpc) is 2.64. The summed E-state index contributed by atoms with van der Waals surface area (Å²) in [5.74, 6) is 0.575. The Morgan fingerprint density at radius 2 is 2.26 bits per heavy atom. The molecule has 1 aromatic heterocycles. The van der Waals surface area contributed by atoms with E-state index in [-0.39, 0.29) is 16.2 Å². The standard InChI is InChI=1S/C12H20N4O3/c1-5-12(3)8-15(6-7-19-12)11-10(16(17)18)9(2)13-14(11)4/h5-8H2,1-4H3. The maximum Gasteiger partial charge on any atom is 0.333 e. The molecule has 1 aliphatic heterocycles. The maximum atomic E-state index is 11.2. The first-order valence-electron chi connectivity index (χ1n) is 6.45. The number of aryl methyl sites for hydroxylation is 2. The third-order valence-corrected chi connectivity index (χ3v) is 3.73. The van der Waals surface area contributed by atoms with Gasteiger partial charge < -0.3 is 9.64 Å². The molecule has 1 atom stereocenters. The molecule has 7 nitrogen and oxygen atoms in total. The van der Waals surface area contributed by atoms with Gasteiger partial charge in [-0.25, -0.2) is 4.68 Å². The summed E-state index contributed by atoms with van der Waals surface area (Å²) in [6, 6.07) is 0. The molecule has 0 saturated carbocycles. The molecule has 2 heterocycles. The van der Waals surface area contributed by atoms with Gasteiger partial charge >= 0.3 is 5.69 Å². The quantitative estimate of drug-likeness (QED) is 0.615. The predicted octanol–water partition coefficient (Wildman–Crippen LogP) is 1.64. The van der Waals surface area contributed by atoms with Gasteiger partial charge in [-0.15, -0.1) is 0 Å². The lowest BCUT2D eigenvalue weighted by Gasteiger charge is -2.40. The van der Waals surface area contributed by atoms with Crippen LogP contribution in [0.2, 0.25) is 0 Å². The highest BCUT2D eigenvalue weighted by atomic mass is 16.6. The molecule has 0 bridgehead atoms. The van der Waals surface area contributed by atoms with Gasteiger partial charge in [0.15, 0.2) is 0 Å². The van der Waals surface area contributed by atoms with Crippen LogP contribution < -0.4 is 4.90 Å². The molecule has 0 amide bonds. The van der Waals surface area contributed by atoms with Gasteiger partial charge in [0.05, 0.1) is 17.1 Å². The van der Waals surface area contributed by atoms with Crippen molar-refractivity contribution in [3.05, 3.63) is 15.8 Å². The van der Waals surface area contributed by atoms with Crippen LogP contribution in [-0.4, -0.2) is 40.0 Å². The van der Waals surface area contributed by atoms with Crippen molar-refractivity contribution >= 4 is 11.5 Å². The van der Waals surface area contributed by atoms with Crippen molar-refractivity contribution in [2.24, 2.45) is 7.05 Å². The van der Waals surface area contributed by atoms with Gasteiger partial charge in [0.1, 0.15) is 5.69 Å². The van der Waals surface area contributed by atoms with Crippen molar-refractivity contribution in [2.75, 3.05) is 24.6 Å². The first kappa shape index (κ1) is 13.8. The number of ether oxygens (including phenoxy) is 1. The second-order valence-electron chi connectivity index (χ2n) is 5.21. The molecular formula is C12H20N4O3. The fourth-order valence-electron chi connectivity index (χ4n) is 2.53. The van der Waals surface area contributed by atoms with E-state index in [4.69, 9.17) is 4.74 Å². The SMILES string of the molecule is CCC1(C)CN(c2c([N+](=O)[O-])c(C)nn2C)CCO1. The Hall–Kier alpha value is -1.63. The highest BCUT2D eigenvalue weighted by molar-refractivity contribution is 5.61. The van der Waals surface area contributed by atoms with Gasteiger partial charge in [-0.3, -0.25) is 10.1 Å². The van der Waals surface area contributed by atoms with Crippen LogP contribution in [0.1, 0.15) is 26.0 Å². The van der Waals surface area contributed by atoms with Crippen LogP contribution in [0, 0.1) is 17.0 Å². The van der Waals surface area contributed by atoms with Crippen molar-refractivity contribution in [3.63, 3.8) is 0 Å². The van der Waals surface area contributed by atoms with Gasteiger partial charge in [0.2, 0.25) is 5.82 Å². The van der Waals surface area contributed by atoms with E-state index >= 15 is 0 Å². The molecule has 1 saturated heterocycles. The number of nitrogens with zero attached hydrogens (tertiary/aromatic N) is 4. The monoisotopic (exact) mass is 268 g/mol. The van der Waals surface area contributed by atoms with Gasteiger partial charge in [-0.05, 0) is 20.3 Å². The molecule has 0 aromatic carbocycles. The first-order valence-corrected chi connectivity index (χ1v) is 6.45. The van der Waals surface area contributed by atoms with Crippen molar-refractivity contribution in [1.82, 2.24) is 9.78 Å². The van der Waals surface area contributed by atoms with E-state index in [0.717, 1.165) is 6.42 Å². The van der Waals surface area contributed by atoms with Crippen LogP contribution in [0.15, 0.2) is 0 Å². The molecule has 0 spiro atoms. The fraction of sp³-hybridized carbons (Fsp3) is 0.750. The zero-order valence-corrected chi connectivity index (χ0v) is 11.8. The normalized spacial score (nSPS) is 23.7. The summed E-state index contributed by atoms with van der Waals surface area (Å²) in [7, 11) is 1.74. The molecule has 106 valence electrons. The lowest BCUT2D eigenvalue weighted by molar-refractivity contribution is -0.384. The molecule has 1 aliphatic rings. The molecule has 0 N–H and O–H groups in total. The Bertz CT molecular complexity index is 499. The second kappa shape index (κ2) is 4.80. The number of hydrogen-bond donors (Lipinski definition) is 0. The number of nitro groups is 1. The summed E-state index contributed by atoms with van der Waals surface area (Å²) in [5.41, 5.74) is 0.291. The molecule has 2 rings (SSSR count). The zero-order chi connectivity index (χ0) is 14.2. The summed E-state index contributed by atoms with van der Waals surface area (Å²) >= 11 is 0. The summed E-state index contributed by atoms with van der Waals surface area (Å²) in [5, 5.41) is 15.4. The minimum Gasteiger partial charge on any atom is -0.372 e. The summed E-state index contributed by atoms with van der Waals surface area (Å²) in [6.07, 6.45) is 0.869. The van der Waals surface area contributed by atoms with E-state index in [2.05, 4.69) is 12.0 Å². The number of anilines is 1. The Kier molecular flexibility index (Phi) is 3.49. The van der Waals surface area contributed by atoms with E-state index in [1.807, 2.05) is 11.8 Å². The Morgan fingerprint density at radius 3 is 2.84 bits per heavy atom.